The van der Waals surface area contributed by atoms with Gasteiger partial charge in [-0.2, -0.15) is 10.2 Å². The molecule has 0 aliphatic heterocycles. The van der Waals surface area contributed by atoms with Crippen molar-refractivity contribution in [1.82, 2.24) is 19.5 Å². The fourth-order valence-electron chi connectivity index (χ4n) is 1.23. The maximum atomic E-state index is 11.6. The second-order valence-corrected chi connectivity index (χ2v) is 2.96. The molecule has 0 unspecified atom stereocenters. The molecule has 8 nitrogen and oxygen atoms in total. The Morgan fingerprint density at radius 1 is 1.47 bits per heavy atom. The van der Waals surface area contributed by atoms with Gasteiger partial charge in [0.25, 0.3) is 0 Å². The van der Waals surface area contributed by atoms with Crippen LogP contribution >= 0.6 is 0 Å². The topological polar surface area (TPSA) is 123 Å². The number of hydrazine groups is 1. The smallest absolute Gasteiger partial charge is 0.292 e. The number of pyridine rings is 1. The van der Waals surface area contributed by atoms with E-state index in [1.807, 2.05) is 6.07 Å². The molecule has 2 rings (SSSR count). The summed E-state index contributed by atoms with van der Waals surface area (Å²) in [6.07, 6.45) is 2.67. The van der Waals surface area contributed by atoms with Crippen LogP contribution in [0.2, 0.25) is 0 Å². The molecule has 2 aromatic heterocycles. The van der Waals surface area contributed by atoms with E-state index in [0.717, 1.165) is 4.57 Å². The highest BCUT2D eigenvalue weighted by atomic mass is 16.1. The lowest BCUT2D eigenvalue weighted by Crippen LogP contribution is -2.26. The summed E-state index contributed by atoms with van der Waals surface area (Å²) in [7, 11) is 0. The Labute approximate surface area is 95.4 Å². The second-order valence-electron chi connectivity index (χ2n) is 2.96. The highest BCUT2D eigenvalue weighted by Gasteiger charge is 2.08. The van der Waals surface area contributed by atoms with Gasteiger partial charge in [0, 0.05) is 6.20 Å². The third-order valence-corrected chi connectivity index (χ3v) is 1.97. The molecular formula is C9H7N7O. The molecule has 0 bridgehead atoms. The van der Waals surface area contributed by atoms with Crippen LogP contribution in [0.1, 0.15) is 5.56 Å². The lowest BCUT2D eigenvalue weighted by Gasteiger charge is -2.05. The largest absolute Gasteiger partial charge is 0.357 e. The third kappa shape index (κ3) is 1.95. The van der Waals surface area contributed by atoms with Gasteiger partial charge in [-0.25, -0.2) is 25.2 Å². The Balaban J connectivity index is 2.62. The number of rotatable bonds is 2. The van der Waals surface area contributed by atoms with Crippen molar-refractivity contribution < 1.29 is 0 Å². The van der Waals surface area contributed by atoms with E-state index in [4.69, 9.17) is 11.1 Å². The number of nitrogen functional groups attached to an aromatic ring is 1. The summed E-state index contributed by atoms with van der Waals surface area (Å²) in [5, 5.41) is 8.89. The molecule has 0 aromatic carbocycles. The average Bonchev–Trinajstić information content (AvgIpc) is 2.38. The first-order chi connectivity index (χ1) is 8.26. The van der Waals surface area contributed by atoms with Crippen LogP contribution in [0, 0.1) is 11.3 Å². The van der Waals surface area contributed by atoms with Gasteiger partial charge in [-0.05, 0) is 12.1 Å². The van der Waals surface area contributed by atoms with E-state index in [9.17, 15) is 4.79 Å². The van der Waals surface area contributed by atoms with E-state index in [0.29, 0.717) is 0 Å². The SMILES string of the molecule is N#Cc1cccnc1-n1cnc(NN)nc1=O. The Hall–Kier alpha value is -2.79. The molecule has 8 heteroatoms. The maximum Gasteiger partial charge on any atom is 0.357 e. The Morgan fingerprint density at radius 3 is 2.94 bits per heavy atom. The number of hydrogen-bond acceptors (Lipinski definition) is 7. The van der Waals surface area contributed by atoms with E-state index < -0.39 is 5.69 Å². The zero-order valence-electron chi connectivity index (χ0n) is 8.53. The first-order valence-electron chi connectivity index (χ1n) is 4.54. The summed E-state index contributed by atoms with van der Waals surface area (Å²) in [6.45, 7) is 0. The number of nitrogens with two attached hydrogens (primary N) is 1. The zero-order chi connectivity index (χ0) is 12.3. The molecule has 0 saturated carbocycles. The zero-order valence-corrected chi connectivity index (χ0v) is 8.53. The summed E-state index contributed by atoms with van der Waals surface area (Å²) in [5.74, 6) is 5.26. The summed E-state index contributed by atoms with van der Waals surface area (Å²) in [5.41, 5.74) is 1.79. The van der Waals surface area contributed by atoms with Gasteiger partial charge in [-0.1, -0.05) is 0 Å². The summed E-state index contributed by atoms with van der Waals surface area (Å²) >= 11 is 0. The first kappa shape index (κ1) is 10.7. The Bertz CT molecular complexity index is 642. The van der Waals surface area contributed by atoms with Crippen molar-refractivity contribution in [3.63, 3.8) is 0 Å². The number of aromatic nitrogens is 4. The second kappa shape index (κ2) is 4.38. The predicted molar refractivity (Wildman–Crippen MR) is 57.9 cm³/mol. The van der Waals surface area contributed by atoms with E-state index in [1.54, 1.807) is 12.1 Å². The summed E-state index contributed by atoms with van der Waals surface area (Å²) in [6, 6.07) is 5.08. The minimum Gasteiger partial charge on any atom is -0.292 e. The normalized spacial score (nSPS) is 9.65. The number of nitrogens with zero attached hydrogens (tertiary/aromatic N) is 5. The van der Waals surface area contributed by atoms with Crippen LogP contribution in [0.25, 0.3) is 5.82 Å². The van der Waals surface area contributed by atoms with Gasteiger partial charge in [0.15, 0.2) is 5.82 Å². The third-order valence-electron chi connectivity index (χ3n) is 1.97. The molecule has 0 saturated heterocycles. The summed E-state index contributed by atoms with van der Waals surface area (Å²) in [4.78, 5) is 22.9. The molecule has 0 aliphatic rings. The van der Waals surface area contributed by atoms with Gasteiger partial charge in [0.1, 0.15) is 12.4 Å². The van der Waals surface area contributed by atoms with E-state index in [1.165, 1.54) is 12.5 Å². The minimum atomic E-state index is -0.622. The molecule has 0 radical (unpaired) electrons. The van der Waals surface area contributed by atoms with Crippen molar-refractivity contribution >= 4 is 5.95 Å². The molecule has 0 spiro atoms. The Kier molecular flexibility index (Phi) is 2.76. The van der Waals surface area contributed by atoms with Crippen molar-refractivity contribution in [2.45, 2.75) is 0 Å². The van der Waals surface area contributed by atoms with Crippen LogP contribution in [0.5, 0.6) is 0 Å². The molecule has 0 amide bonds. The molecule has 2 heterocycles. The molecule has 2 aromatic rings. The van der Waals surface area contributed by atoms with Crippen LogP contribution in [0.3, 0.4) is 0 Å². The van der Waals surface area contributed by atoms with Crippen molar-refractivity contribution in [3.05, 3.63) is 40.7 Å². The fraction of sp³-hybridized carbons (Fsp3) is 0. The summed E-state index contributed by atoms with van der Waals surface area (Å²) < 4.78 is 1.07. The van der Waals surface area contributed by atoms with Gasteiger partial charge >= 0.3 is 5.69 Å². The lowest BCUT2D eigenvalue weighted by molar-refractivity contribution is 0.833. The molecule has 0 atom stereocenters. The highest BCUT2D eigenvalue weighted by molar-refractivity contribution is 5.42. The van der Waals surface area contributed by atoms with Gasteiger partial charge < -0.3 is 0 Å². The molecule has 0 aliphatic carbocycles. The standard InChI is InChI=1S/C9H7N7O/c10-4-6-2-1-3-12-7(6)16-5-13-8(15-11)14-9(16)17/h1-3,5H,11H2,(H,14,15,17). The minimum absolute atomic E-state index is 0.000638. The molecule has 3 N–H and O–H groups in total. The van der Waals surface area contributed by atoms with E-state index in [2.05, 4.69) is 20.4 Å². The molecule has 17 heavy (non-hydrogen) atoms. The average molecular weight is 229 g/mol. The number of nitriles is 1. The molecule has 84 valence electrons. The van der Waals surface area contributed by atoms with Crippen LogP contribution < -0.4 is 17.0 Å². The van der Waals surface area contributed by atoms with Crippen molar-refractivity contribution in [1.29, 1.82) is 5.26 Å². The number of anilines is 1. The quantitative estimate of drug-likeness (QED) is 0.509. The molecular weight excluding hydrogens is 222 g/mol. The maximum absolute atomic E-state index is 11.6. The predicted octanol–water partition coefficient (Wildman–Crippen LogP) is -0.820. The number of hydrogen-bond donors (Lipinski definition) is 2. The van der Waals surface area contributed by atoms with Crippen molar-refractivity contribution in [3.8, 4) is 11.9 Å². The monoisotopic (exact) mass is 229 g/mol. The van der Waals surface area contributed by atoms with Gasteiger partial charge in [0.05, 0.1) is 5.56 Å². The van der Waals surface area contributed by atoms with E-state index in [-0.39, 0.29) is 17.3 Å². The van der Waals surface area contributed by atoms with Gasteiger partial charge in [-0.3, -0.25) is 5.43 Å². The lowest BCUT2D eigenvalue weighted by atomic mass is 10.3. The highest BCUT2D eigenvalue weighted by Crippen LogP contribution is 2.06. The van der Waals surface area contributed by atoms with Gasteiger partial charge in [0.2, 0.25) is 5.95 Å². The van der Waals surface area contributed by atoms with Crippen LogP contribution in [0.4, 0.5) is 5.95 Å². The Morgan fingerprint density at radius 2 is 2.29 bits per heavy atom. The molecule has 0 fully saturated rings. The van der Waals surface area contributed by atoms with Crippen molar-refractivity contribution in [2.75, 3.05) is 5.43 Å². The fourth-order valence-corrected chi connectivity index (χ4v) is 1.23. The first-order valence-corrected chi connectivity index (χ1v) is 4.54. The number of nitrogens with one attached hydrogen (secondary N) is 1. The van der Waals surface area contributed by atoms with E-state index >= 15 is 0 Å². The van der Waals surface area contributed by atoms with Crippen LogP contribution in [0.15, 0.2) is 29.5 Å². The van der Waals surface area contributed by atoms with Crippen molar-refractivity contribution in [2.24, 2.45) is 5.84 Å². The van der Waals surface area contributed by atoms with Crippen LogP contribution in [-0.4, -0.2) is 19.5 Å². The van der Waals surface area contributed by atoms with Gasteiger partial charge in [-0.15, -0.1) is 0 Å². The van der Waals surface area contributed by atoms with Crippen LogP contribution in [-0.2, 0) is 0 Å².